The van der Waals surface area contributed by atoms with Crippen molar-refractivity contribution in [3.63, 3.8) is 0 Å². The zero-order chi connectivity index (χ0) is 21.9. The van der Waals surface area contributed by atoms with Crippen LogP contribution in [0.3, 0.4) is 0 Å². The normalized spacial score (nSPS) is 22.0. The predicted octanol–water partition coefficient (Wildman–Crippen LogP) is 2.67. The number of amides is 1. The van der Waals surface area contributed by atoms with Gasteiger partial charge >= 0.3 is 6.09 Å². The number of carbonyl (C=O) groups is 1. The monoisotopic (exact) mass is 420 g/mol. The maximum absolute atomic E-state index is 14.4. The SMILES string of the molecule is COc1cnc2c(CN[C@H]3CC[C@H](NC(=O)OC(C)(C)C)C[C@H]3O)c(F)ccc2n1. The van der Waals surface area contributed by atoms with Crippen LogP contribution in [0.1, 0.15) is 45.6 Å². The van der Waals surface area contributed by atoms with Gasteiger partial charge in [-0.1, -0.05) is 0 Å². The molecule has 0 saturated heterocycles. The Balaban J connectivity index is 1.60. The number of halogens is 1. The lowest BCUT2D eigenvalue weighted by Gasteiger charge is -2.34. The van der Waals surface area contributed by atoms with E-state index in [0.717, 1.165) is 0 Å². The molecule has 1 aliphatic rings. The minimum atomic E-state index is -0.678. The first-order valence-corrected chi connectivity index (χ1v) is 10.1. The van der Waals surface area contributed by atoms with Crippen LogP contribution in [0.4, 0.5) is 9.18 Å². The summed E-state index contributed by atoms with van der Waals surface area (Å²) < 4.78 is 24.8. The molecule has 1 amide bonds. The Hall–Kier alpha value is -2.52. The van der Waals surface area contributed by atoms with E-state index in [4.69, 9.17) is 9.47 Å². The van der Waals surface area contributed by atoms with Crippen LogP contribution in [-0.4, -0.2) is 52.1 Å². The number of hydrogen-bond acceptors (Lipinski definition) is 7. The number of carbonyl (C=O) groups excluding carboxylic acids is 1. The van der Waals surface area contributed by atoms with Crippen LogP contribution in [0.15, 0.2) is 18.3 Å². The molecule has 30 heavy (non-hydrogen) atoms. The summed E-state index contributed by atoms with van der Waals surface area (Å²) in [6.45, 7) is 5.61. The van der Waals surface area contributed by atoms with Crippen molar-refractivity contribution in [2.75, 3.05) is 7.11 Å². The molecule has 8 nitrogen and oxygen atoms in total. The van der Waals surface area contributed by atoms with E-state index >= 15 is 0 Å². The second-order valence-electron chi connectivity index (χ2n) is 8.52. The second-order valence-corrected chi connectivity index (χ2v) is 8.52. The number of rotatable bonds is 5. The molecule has 3 N–H and O–H groups in total. The zero-order valence-electron chi connectivity index (χ0n) is 17.7. The first kappa shape index (κ1) is 22.2. The third kappa shape index (κ3) is 5.54. The Morgan fingerprint density at radius 2 is 2.10 bits per heavy atom. The van der Waals surface area contributed by atoms with Crippen molar-refractivity contribution in [1.82, 2.24) is 20.6 Å². The lowest BCUT2D eigenvalue weighted by Crippen LogP contribution is -2.50. The summed E-state index contributed by atoms with van der Waals surface area (Å²) in [7, 11) is 1.50. The maximum atomic E-state index is 14.4. The molecule has 3 rings (SSSR count). The molecule has 1 aromatic heterocycles. The van der Waals surface area contributed by atoms with Crippen molar-refractivity contribution in [2.45, 2.75) is 70.4 Å². The van der Waals surface area contributed by atoms with Gasteiger partial charge in [0, 0.05) is 24.2 Å². The highest BCUT2D eigenvalue weighted by Gasteiger charge is 2.31. The van der Waals surface area contributed by atoms with E-state index in [1.165, 1.54) is 19.4 Å². The number of aliphatic hydroxyl groups excluding tert-OH is 1. The molecular weight excluding hydrogens is 391 g/mol. The molecule has 0 aliphatic heterocycles. The van der Waals surface area contributed by atoms with Gasteiger partial charge in [-0.25, -0.2) is 19.2 Å². The molecule has 1 aliphatic carbocycles. The second kappa shape index (κ2) is 9.09. The van der Waals surface area contributed by atoms with E-state index in [0.29, 0.717) is 41.7 Å². The predicted molar refractivity (Wildman–Crippen MR) is 110 cm³/mol. The number of aliphatic hydroxyl groups is 1. The molecule has 164 valence electrons. The third-order valence-corrected chi connectivity index (χ3v) is 5.03. The summed E-state index contributed by atoms with van der Waals surface area (Å²) in [5, 5.41) is 16.6. The van der Waals surface area contributed by atoms with E-state index in [1.807, 2.05) is 0 Å². The van der Waals surface area contributed by atoms with E-state index < -0.39 is 17.8 Å². The van der Waals surface area contributed by atoms with Gasteiger partial charge in [0.25, 0.3) is 0 Å². The van der Waals surface area contributed by atoms with Gasteiger partial charge in [0.15, 0.2) is 0 Å². The fraction of sp³-hybridized carbons (Fsp3) is 0.571. The lowest BCUT2D eigenvalue weighted by molar-refractivity contribution is 0.0402. The molecule has 0 bridgehead atoms. The topological polar surface area (TPSA) is 106 Å². The number of methoxy groups -OCH3 is 1. The summed E-state index contributed by atoms with van der Waals surface area (Å²) in [4.78, 5) is 20.5. The summed E-state index contributed by atoms with van der Waals surface area (Å²) in [6, 6.07) is 2.53. The smallest absolute Gasteiger partial charge is 0.407 e. The van der Waals surface area contributed by atoms with Crippen molar-refractivity contribution in [3.05, 3.63) is 29.7 Å². The molecule has 1 heterocycles. The van der Waals surface area contributed by atoms with Crippen LogP contribution in [0.5, 0.6) is 5.88 Å². The van der Waals surface area contributed by atoms with Gasteiger partial charge in [-0.3, -0.25) is 0 Å². The first-order chi connectivity index (χ1) is 14.2. The lowest BCUT2D eigenvalue weighted by atomic mass is 9.88. The van der Waals surface area contributed by atoms with E-state index in [-0.39, 0.29) is 24.4 Å². The molecular formula is C21H29FN4O4. The standard InChI is InChI=1S/C21H29FN4O4/c1-21(2,3)30-20(28)25-12-5-7-15(17(27)9-12)23-10-13-14(22)6-8-16-19(13)24-11-18(26-16)29-4/h6,8,11-12,15,17,23,27H,5,7,9-10H2,1-4H3,(H,25,28)/t12-,15-,17+/m0/s1. The molecule has 2 aromatic rings. The number of aromatic nitrogens is 2. The van der Waals surface area contributed by atoms with Crippen LogP contribution in [0.2, 0.25) is 0 Å². The Labute approximate surface area is 175 Å². The first-order valence-electron chi connectivity index (χ1n) is 10.1. The third-order valence-electron chi connectivity index (χ3n) is 5.03. The van der Waals surface area contributed by atoms with E-state index in [2.05, 4.69) is 20.6 Å². The largest absolute Gasteiger partial charge is 0.480 e. The Morgan fingerprint density at radius 1 is 1.33 bits per heavy atom. The average molecular weight is 420 g/mol. The van der Waals surface area contributed by atoms with Crippen LogP contribution < -0.4 is 15.4 Å². The van der Waals surface area contributed by atoms with Gasteiger partial charge in [0.05, 0.1) is 30.4 Å². The van der Waals surface area contributed by atoms with Gasteiger partial charge in [0.1, 0.15) is 11.4 Å². The number of ether oxygens (including phenoxy) is 2. The maximum Gasteiger partial charge on any atom is 0.407 e. The van der Waals surface area contributed by atoms with Crippen molar-refractivity contribution >= 4 is 17.1 Å². The van der Waals surface area contributed by atoms with Crippen molar-refractivity contribution in [1.29, 1.82) is 0 Å². The van der Waals surface area contributed by atoms with Gasteiger partial charge in [0.2, 0.25) is 5.88 Å². The Kier molecular flexibility index (Phi) is 6.72. The van der Waals surface area contributed by atoms with Crippen LogP contribution in [-0.2, 0) is 11.3 Å². The van der Waals surface area contributed by atoms with Crippen LogP contribution in [0.25, 0.3) is 11.0 Å². The molecule has 1 aromatic carbocycles. The van der Waals surface area contributed by atoms with Crippen LogP contribution >= 0.6 is 0 Å². The number of hydrogen-bond donors (Lipinski definition) is 3. The van der Waals surface area contributed by atoms with Gasteiger partial charge in [-0.2, -0.15) is 0 Å². The van der Waals surface area contributed by atoms with Crippen molar-refractivity contribution in [3.8, 4) is 5.88 Å². The number of alkyl carbamates (subject to hydrolysis) is 1. The fourth-order valence-electron chi connectivity index (χ4n) is 3.59. The molecule has 1 saturated carbocycles. The van der Waals surface area contributed by atoms with Gasteiger partial charge in [-0.15, -0.1) is 0 Å². The number of nitrogens with one attached hydrogen (secondary N) is 2. The highest BCUT2D eigenvalue weighted by Crippen LogP contribution is 2.23. The molecule has 3 atom stereocenters. The number of benzene rings is 1. The number of fused-ring (bicyclic) bond motifs is 1. The van der Waals surface area contributed by atoms with Crippen molar-refractivity contribution < 1.29 is 23.8 Å². The summed E-state index contributed by atoms with van der Waals surface area (Å²) in [6.07, 6.45) is 2.00. The molecule has 0 radical (unpaired) electrons. The fourth-order valence-corrected chi connectivity index (χ4v) is 3.59. The zero-order valence-corrected chi connectivity index (χ0v) is 17.7. The molecule has 0 spiro atoms. The minimum Gasteiger partial charge on any atom is -0.480 e. The molecule has 1 fully saturated rings. The summed E-state index contributed by atoms with van der Waals surface area (Å²) >= 11 is 0. The highest BCUT2D eigenvalue weighted by molar-refractivity contribution is 5.78. The van der Waals surface area contributed by atoms with Gasteiger partial charge in [-0.05, 0) is 52.2 Å². The van der Waals surface area contributed by atoms with E-state index in [9.17, 15) is 14.3 Å². The molecule has 9 heteroatoms. The quantitative estimate of drug-likeness (QED) is 0.683. The number of nitrogens with zero attached hydrogens (tertiary/aromatic N) is 2. The summed E-state index contributed by atoms with van der Waals surface area (Å²) in [5.41, 5.74) is 0.817. The minimum absolute atomic E-state index is 0.166. The Bertz CT molecular complexity index is 902. The molecule has 0 unspecified atom stereocenters. The summed E-state index contributed by atoms with van der Waals surface area (Å²) in [5.74, 6) is -0.0246. The van der Waals surface area contributed by atoms with Gasteiger partial charge < -0.3 is 25.2 Å². The Morgan fingerprint density at radius 3 is 2.77 bits per heavy atom. The van der Waals surface area contributed by atoms with E-state index in [1.54, 1.807) is 26.8 Å². The average Bonchev–Trinajstić information content (AvgIpc) is 2.66. The highest BCUT2D eigenvalue weighted by atomic mass is 19.1. The van der Waals surface area contributed by atoms with Crippen molar-refractivity contribution in [2.24, 2.45) is 0 Å². The van der Waals surface area contributed by atoms with Crippen LogP contribution in [0, 0.1) is 5.82 Å².